The van der Waals surface area contributed by atoms with Gasteiger partial charge in [-0.3, -0.25) is 15.1 Å². The minimum absolute atomic E-state index is 0.160. The number of nitrogens with zero attached hydrogens (tertiary/aromatic N) is 5. The molecular weight excluding hydrogens is 349 g/mol. The molecule has 0 spiro atoms. The summed E-state index contributed by atoms with van der Waals surface area (Å²) in [5, 5.41) is 18.0. The Morgan fingerprint density at radius 1 is 1.21 bits per heavy atom. The van der Waals surface area contributed by atoms with Gasteiger partial charge in [0.15, 0.2) is 0 Å². The second-order valence-corrected chi connectivity index (χ2v) is 5.55. The third kappa shape index (κ3) is 2.71. The third-order valence-corrected chi connectivity index (χ3v) is 4.11. The highest BCUT2D eigenvalue weighted by atomic mass is 32.2. The lowest BCUT2D eigenvalue weighted by molar-refractivity contribution is -0.383. The number of alkyl halides is 3. The number of fused-ring (bicyclic) bond motifs is 1. The molecule has 12 heteroatoms. The minimum Gasteiger partial charge on any atom is -0.335 e. The van der Waals surface area contributed by atoms with E-state index in [0.29, 0.717) is 15.0 Å². The van der Waals surface area contributed by atoms with E-state index in [0.717, 1.165) is 11.8 Å². The number of hydrogen-bond donors (Lipinski definition) is 1. The van der Waals surface area contributed by atoms with E-state index in [4.69, 9.17) is 5.84 Å². The van der Waals surface area contributed by atoms with Crippen molar-refractivity contribution in [3.63, 3.8) is 0 Å². The summed E-state index contributed by atoms with van der Waals surface area (Å²) >= 11 is 0.815. The fourth-order valence-corrected chi connectivity index (χ4v) is 2.92. The molecule has 0 radical (unpaired) electrons. The third-order valence-electron chi connectivity index (χ3n) is 3.07. The Labute approximate surface area is 135 Å². The van der Waals surface area contributed by atoms with E-state index in [1.165, 1.54) is 30.6 Å². The summed E-state index contributed by atoms with van der Waals surface area (Å²) in [6, 6.07) is 4.17. The van der Waals surface area contributed by atoms with Gasteiger partial charge < -0.3 is 5.84 Å². The maximum atomic E-state index is 12.7. The molecule has 124 valence electrons. The van der Waals surface area contributed by atoms with Crippen LogP contribution in [0, 0.1) is 10.1 Å². The van der Waals surface area contributed by atoms with Crippen LogP contribution in [0.2, 0.25) is 0 Å². The molecule has 3 aromatic rings. The van der Waals surface area contributed by atoms with Crippen molar-refractivity contribution in [3.8, 4) is 0 Å². The molecule has 0 amide bonds. The van der Waals surface area contributed by atoms with Gasteiger partial charge >= 0.3 is 6.18 Å². The summed E-state index contributed by atoms with van der Waals surface area (Å²) in [7, 11) is 0. The van der Waals surface area contributed by atoms with Gasteiger partial charge in [-0.25, -0.2) is 4.68 Å². The van der Waals surface area contributed by atoms with E-state index in [-0.39, 0.29) is 16.2 Å². The number of halogens is 3. The molecule has 0 bridgehead atoms. The van der Waals surface area contributed by atoms with Crippen LogP contribution in [0.4, 0.5) is 18.9 Å². The van der Waals surface area contributed by atoms with Gasteiger partial charge in [-0.2, -0.15) is 13.2 Å². The van der Waals surface area contributed by atoms with Crippen molar-refractivity contribution in [3.05, 3.63) is 46.5 Å². The Morgan fingerprint density at radius 3 is 2.58 bits per heavy atom. The zero-order valence-corrected chi connectivity index (χ0v) is 12.4. The van der Waals surface area contributed by atoms with Gasteiger partial charge in [0, 0.05) is 28.7 Å². The van der Waals surface area contributed by atoms with Gasteiger partial charge in [-0.1, -0.05) is 0 Å². The molecule has 2 heterocycles. The molecule has 3 rings (SSSR count). The normalized spacial score (nSPS) is 11.8. The van der Waals surface area contributed by atoms with E-state index in [1.807, 2.05) is 0 Å². The number of nitro benzene ring substituents is 1. The Hall–Kier alpha value is -2.89. The monoisotopic (exact) mass is 356 g/mol. The Morgan fingerprint density at radius 2 is 1.96 bits per heavy atom. The van der Waals surface area contributed by atoms with Crippen LogP contribution >= 0.6 is 11.8 Å². The molecule has 0 aliphatic rings. The number of nitrogens with two attached hydrogens (primary N) is 1. The largest absolute Gasteiger partial charge is 0.453 e. The molecule has 0 atom stereocenters. The van der Waals surface area contributed by atoms with Crippen LogP contribution in [-0.2, 0) is 6.18 Å². The number of non-ortho nitro benzene ring substituents is 1. The van der Waals surface area contributed by atoms with Crippen molar-refractivity contribution in [1.82, 2.24) is 19.9 Å². The highest BCUT2D eigenvalue weighted by Gasteiger charge is 2.38. The van der Waals surface area contributed by atoms with Crippen LogP contribution < -0.4 is 5.84 Å². The van der Waals surface area contributed by atoms with E-state index >= 15 is 0 Å². The second-order valence-electron chi connectivity index (χ2n) is 4.54. The zero-order valence-electron chi connectivity index (χ0n) is 11.6. The number of benzene rings is 1. The summed E-state index contributed by atoms with van der Waals surface area (Å²) in [5.41, 5.74) is -0.160. The van der Waals surface area contributed by atoms with E-state index < -0.39 is 16.9 Å². The van der Waals surface area contributed by atoms with Gasteiger partial charge in [0.25, 0.3) is 11.5 Å². The molecule has 1 aromatic carbocycles. The highest BCUT2D eigenvalue weighted by molar-refractivity contribution is 7.99. The fraction of sp³-hybridized carbons (Fsp3) is 0.0833. The van der Waals surface area contributed by atoms with Crippen molar-refractivity contribution in [2.24, 2.45) is 0 Å². The topological polar surface area (TPSA) is 113 Å². The molecule has 0 aliphatic carbocycles. The summed E-state index contributed by atoms with van der Waals surface area (Å²) in [6.45, 7) is 0. The molecule has 0 fully saturated rings. The van der Waals surface area contributed by atoms with Crippen molar-refractivity contribution in [2.75, 3.05) is 5.84 Å². The Kier molecular flexibility index (Phi) is 3.75. The summed E-state index contributed by atoms with van der Waals surface area (Å²) < 4.78 is 38.4. The van der Waals surface area contributed by atoms with Crippen molar-refractivity contribution in [2.45, 2.75) is 16.2 Å². The van der Waals surface area contributed by atoms with Gasteiger partial charge in [0.1, 0.15) is 0 Å². The first-order valence-corrected chi connectivity index (χ1v) is 7.07. The first-order valence-electron chi connectivity index (χ1n) is 6.25. The lowest BCUT2D eigenvalue weighted by Gasteiger charge is -2.08. The molecule has 0 saturated carbocycles. The number of aromatic nitrogens is 4. The smallest absolute Gasteiger partial charge is 0.335 e. The predicted octanol–water partition coefficient (Wildman–Crippen LogP) is 2.62. The summed E-state index contributed by atoms with van der Waals surface area (Å²) in [4.78, 5) is 14.8. The minimum atomic E-state index is -4.73. The number of pyridine rings is 1. The fourth-order valence-electron chi connectivity index (χ4n) is 2.03. The standard InChI is InChI=1S/C12H7F3N6O2S/c13-12(14,15)10-18-19-11(20(10)16)24-9-2-1-8(21(22)23)7-5-17-4-3-6(7)9/h1-5H,16H2. The maximum absolute atomic E-state index is 12.7. The van der Waals surface area contributed by atoms with E-state index in [9.17, 15) is 23.3 Å². The Balaban J connectivity index is 2.08. The van der Waals surface area contributed by atoms with Crippen LogP contribution in [0.1, 0.15) is 5.82 Å². The van der Waals surface area contributed by atoms with Crippen molar-refractivity contribution < 1.29 is 18.1 Å². The Bertz CT molecular complexity index is 942. The summed E-state index contributed by atoms with van der Waals surface area (Å²) in [5.74, 6) is 4.05. The first-order chi connectivity index (χ1) is 11.3. The molecule has 2 N–H and O–H groups in total. The predicted molar refractivity (Wildman–Crippen MR) is 77.7 cm³/mol. The van der Waals surface area contributed by atoms with Crippen molar-refractivity contribution >= 4 is 28.2 Å². The molecule has 0 unspecified atom stereocenters. The molecule has 0 saturated heterocycles. The van der Waals surface area contributed by atoms with E-state index in [2.05, 4.69) is 15.2 Å². The van der Waals surface area contributed by atoms with Crippen LogP contribution in [0.15, 0.2) is 40.6 Å². The van der Waals surface area contributed by atoms with E-state index in [1.54, 1.807) is 0 Å². The molecular formula is C12H7F3N6O2S. The van der Waals surface area contributed by atoms with Crippen molar-refractivity contribution in [1.29, 1.82) is 0 Å². The summed E-state index contributed by atoms with van der Waals surface area (Å²) in [6.07, 6.45) is -2.00. The molecule has 2 aromatic heterocycles. The van der Waals surface area contributed by atoms with Gasteiger partial charge in [0.05, 0.1) is 10.3 Å². The molecule has 0 aliphatic heterocycles. The lowest BCUT2D eigenvalue weighted by atomic mass is 10.1. The van der Waals surface area contributed by atoms with Crippen LogP contribution in [0.25, 0.3) is 10.8 Å². The van der Waals surface area contributed by atoms with Crippen LogP contribution in [0.3, 0.4) is 0 Å². The lowest BCUT2D eigenvalue weighted by Crippen LogP contribution is -2.21. The molecule has 8 nitrogen and oxygen atoms in total. The number of rotatable bonds is 3. The van der Waals surface area contributed by atoms with Crippen LogP contribution in [0.5, 0.6) is 0 Å². The quantitative estimate of drug-likeness (QED) is 0.436. The van der Waals surface area contributed by atoms with Crippen LogP contribution in [-0.4, -0.2) is 24.8 Å². The number of nitrogen functional groups attached to an aromatic ring is 1. The zero-order chi connectivity index (χ0) is 17.5. The highest BCUT2D eigenvalue weighted by Crippen LogP contribution is 2.37. The maximum Gasteiger partial charge on any atom is 0.453 e. The second kappa shape index (κ2) is 5.63. The number of hydrogen-bond acceptors (Lipinski definition) is 7. The van der Waals surface area contributed by atoms with Gasteiger partial charge in [-0.15, -0.1) is 10.2 Å². The average Bonchev–Trinajstić information content (AvgIpc) is 2.88. The van der Waals surface area contributed by atoms with Gasteiger partial charge in [-0.05, 0) is 23.9 Å². The average molecular weight is 356 g/mol. The number of nitro groups is 1. The van der Waals surface area contributed by atoms with Gasteiger partial charge in [0.2, 0.25) is 5.16 Å². The molecule has 24 heavy (non-hydrogen) atoms. The first kappa shape index (κ1) is 16.0. The SMILES string of the molecule is Nn1c(Sc2ccc([N+](=O)[O-])c3cnccc23)nnc1C(F)(F)F.